The van der Waals surface area contributed by atoms with Crippen molar-refractivity contribution in [3.05, 3.63) is 87.8 Å². The van der Waals surface area contributed by atoms with Crippen LogP contribution in [0.25, 0.3) is 22.3 Å². The normalized spacial score (nSPS) is 11.7. The number of ether oxygens (including phenoxy) is 1. The summed E-state index contributed by atoms with van der Waals surface area (Å²) in [6.07, 6.45) is 3.83. The van der Waals surface area contributed by atoms with E-state index in [2.05, 4.69) is 25.6 Å². The van der Waals surface area contributed by atoms with Crippen molar-refractivity contribution < 1.29 is 17.5 Å². The van der Waals surface area contributed by atoms with Crippen LogP contribution in [0, 0.1) is 5.82 Å². The molecule has 9 nitrogen and oxygen atoms in total. The summed E-state index contributed by atoms with van der Waals surface area (Å²) in [6.45, 7) is 4.62. The van der Waals surface area contributed by atoms with Crippen LogP contribution in [-0.2, 0) is 22.9 Å². The highest BCUT2D eigenvalue weighted by molar-refractivity contribution is 7.92. The van der Waals surface area contributed by atoms with E-state index in [1.54, 1.807) is 44.3 Å². The lowest BCUT2D eigenvalue weighted by atomic mass is 10.2. The number of anilines is 2. The molecule has 3 heterocycles. The number of aromatic nitrogens is 4. The fourth-order valence-corrected chi connectivity index (χ4v) is 6.06. The van der Waals surface area contributed by atoms with Gasteiger partial charge >= 0.3 is 0 Å². The zero-order valence-corrected chi connectivity index (χ0v) is 25.9. The molecule has 0 unspecified atom stereocenters. The van der Waals surface area contributed by atoms with Gasteiger partial charge in [-0.25, -0.2) is 27.8 Å². The largest absolute Gasteiger partial charge is 0.487 e. The van der Waals surface area contributed by atoms with E-state index in [0.717, 1.165) is 16.1 Å². The van der Waals surface area contributed by atoms with E-state index in [-0.39, 0.29) is 23.4 Å². The summed E-state index contributed by atoms with van der Waals surface area (Å²) in [7, 11) is -3.06. The fraction of sp³-hybridized carbons (Fsp3) is 0.267. The van der Waals surface area contributed by atoms with Crippen molar-refractivity contribution in [1.82, 2.24) is 25.3 Å². The third-order valence-electron chi connectivity index (χ3n) is 6.61. The Labute approximate surface area is 258 Å². The molecule has 2 aromatic carbocycles. The minimum Gasteiger partial charge on any atom is -0.487 e. The maximum Gasteiger partial charge on any atom is 0.153 e. The van der Waals surface area contributed by atoms with Gasteiger partial charge in [-0.2, -0.15) is 0 Å². The number of fused-ring (bicyclic) bond motifs is 1. The number of nitrogens with zero attached hydrogens (tertiary/aromatic N) is 4. The van der Waals surface area contributed by atoms with Gasteiger partial charge in [-0.1, -0.05) is 23.7 Å². The van der Waals surface area contributed by atoms with E-state index in [9.17, 15) is 12.8 Å². The third-order valence-corrected chi connectivity index (χ3v) is 10.0. The topological polar surface area (TPSA) is 119 Å². The van der Waals surface area contributed by atoms with Gasteiger partial charge in [-0.05, 0) is 55.8 Å². The number of halogens is 2. The van der Waals surface area contributed by atoms with Gasteiger partial charge in [0.1, 0.15) is 30.3 Å². The molecule has 0 aliphatic heterocycles. The van der Waals surface area contributed by atoms with Crippen LogP contribution in [0.4, 0.5) is 15.9 Å². The minimum absolute atomic E-state index is 0.119. The molecule has 0 fully saturated rings. The predicted molar refractivity (Wildman–Crippen MR) is 169 cm³/mol. The van der Waals surface area contributed by atoms with Gasteiger partial charge in [0.2, 0.25) is 0 Å². The number of thiazole rings is 1. The standard InChI is InChI=1S/C30H30ClFN6O3S2/c1-19(2)43(39,40)11-10-33-9-8-29-38-27(17-42-29)25-14-23-26(15-34-25)35-18-36-30(23)37-22-6-7-28(24(31)13-22)41-16-20-4-3-5-21(32)12-20/h3-7,12-15,17-19,33H,8-11,16H2,1-2H3,(H,35,36,37). The quantitative estimate of drug-likeness (QED) is 0.145. The van der Waals surface area contributed by atoms with E-state index < -0.39 is 9.84 Å². The van der Waals surface area contributed by atoms with Gasteiger partial charge < -0.3 is 15.4 Å². The molecule has 0 amide bonds. The third kappa shape index (κ3) is 8.02. The Morgan fingerprint density at radius 3 is 2.70 bits per heavy atom. The van der Waals surface area contributed by atoms with Crippen LogP contribution < -0.4 is 15.4 Å². The molecule has 0 radical (unpaired) electrons. The zero-order valence-electron chi connectivity index (χ0n) is 23.5. The van der Waals surface area contributed by atoms with Crippen LogP contribution >= 0.6 is 22.9 Å². The Balaban J connectivity index is 1.24. The van der Waals surface area contributed by atoms with Crippen molar-refractivity contribution in [2.45, 2.75) is 32.1 Å². The second kappa shape index (κ2) is 13.7. The molecule has 0 saturated heterocycles. The minimum atomic E-state index is -3.06. The average Bonchev–Trinajstić information content (AvgIpc) is 3.45. The molecule has 3 aromatic heterocycles. The van der Waals surface area contributed by atoms with E-state index in [4.69, 9.17) is 21.3 Å². The monoisotopic (exact) mass is 640 g/mol. The number of benzene rings is 2. The molecular weight excluding hydrogens is 611 g/mol. The number of hydrogen-bond donors (Lipinski definition) is 2. The van der Waals surface area contributed by atoms with E-state index in [1.165, 1.54) is 29.8 Å². The highest BCUT2D eigenvalue weighted by Gasteiger charge is 2.15. The lowest BCUT2D eigenvalue weighted by Gasteiger charge is -2.12. The smallest absolute Gasteiger partial charge is 0.153 e. The maximum absolute atomic E-state index is 13.5. The molecule has 13 heteroatoms. The summed E-state index contributed by atoms with van der Waals surface area (Å²) in [5, 5.41) is 10.1. The first-order chi connectivity index (χ1) is 20.7. The van der Waals surface area contributed by atoms with Crippen molar-refractivity contribution in [3.8, 4) is 17.1 Å². The van der Waals surface area contributed by atoms with Gasteiger partial charge in [0.05, 0.1) is 44.1 Å². The lowest BCUT2D eigenvalue weighted by molar-refractivity contribution is 0.306. The first kappa shape index (κ1) is 30.7. The number of hydrogen-bond acceptors (Lipinski definition) is 10. The van der Waals surface area contributed by atoms with Crippen LogP contribution in [-0.4, -0.2) is 52.4 Å². The molecule has 5 rings (SSSR count). The van der Waals surface area contributed by atoms with Gasteiger partial charge in [0.15, 0.2) is 9.84 Å². The predicted octanol–water partition coefficient (Wildman–Crippen LogP) is 6.22. The summed E-state index contributed by atoms with van der Waals surface area (Å²) in [4.78, 5) is 18.1. The summed E-state index contributed by atoms with van der Waals surface area (Å²) < 4.78 is 43.2. The Hall–Kier alpha value is -3.71. The highest BCUT2D eigenvalue weighted by atomic mass is 35.5. The van der Waals surface area contributed by atoms with Crippen LogP contribution in [0.3, 0.4) is 0 Å². The molecule has 224 valence electrons. The van der Waals surface area contributed by atoms with Crippen molar-refractivity contribution >= 4 is 55.2 Å². The summed E-state index contributed by atoms with van der Waals surface area (Å²) in [5.74, 6) is 0.854. The molecule has 5 aromatic rings. The number of sulfone groups is 1. The first-order valence-corrected chi connectivity index (χ1v) is 16.6. The lowest BCUT2D eigenvalue weighted by Crippen LogP contribution is -2.28. The SMILES string of the molecule is CC(C)S(=O)(=O)CCNCCc1nc(-c2cc3c(Nc4ccc(OCc5cccc(F)c5)c(Cl)c4)ncnc3cn2)cs1. The Bertz CT molecular complexity index is 1830. The maximum atomic E-state index is 13.5. The van der Waals surface area contributed by atoms with Crippen LogP contribution in [0.5, 0.6) is 5.75 Å². The summed E-state index contributed by atoms with van der Waals surface area (Å²) in [5.41, 5.74) is 3.49. The summed E-state index contributed by atoms with van der Waals surface area (Å²) in [6, 6.07) is 13.4. The second-order valence-corrected chi connectivity index (χ2v) is 14.1. The fourth-order valence-electron chi connectivity index (χ4n) is 4.13. The number of nitrogens with one attached hydrogen (secondary N) is 2. The average molecular weight is 641 g/mol. The molecule has 0 bridgehead atoms. The van der Waals surface area contributed by atoms with Gasteiger partial charge in [0, 0.05) is 36.0 Å². The Morgan fingerprint density at radius 2 is 1.91 bits per heavy atom. The van der Waals surface area contributed by atoms with Crippen LogP contribution in [0.15, 0.2) is 66.4 Å². The molecule has 43 heavy (non-hydrogen) atoms. The van der Waals surface area contributed by atoms with E-state index in [1.807, 2.05) is 17.5 Å². The molecule has 0 atom stereocenters. The van der Waals surface area contributed by atoms with Crippen molar-refractivity contribution in [3.63, 3.8) is 0 Å². The highest BCUT2D eigenvalue weighted by Crippen LogP contribution is 2.32. The number of pyridine rings is 1. The van der Waals surface area contributed by atoms with Crippen molar-refractivity contribution in [1.29, 1.82) is 0 Å². The zero-order chi connectivity index (χ0) is 30.4. The molecular formula is C30H30ClFN6O3S2. The Morgan fingerprint density at radius 1 is 1.05 bits per heavy atom. The second-order valence-electron chi connectivity index (χ2n) is 10.0. The number of rotatable bonds is 13. The summed E-state index contributed by atoms with van der Waals surface area (Å²) >= 11 is 8.01. The molecule has 0 aliphatic rings. The first-order valence-electron chi connectivity index (χ1n) is 13.6. The molecule has 0 spiro atoms. The molecule has 2 N–H and O–H groups in total. The molecule has 0 saturated carbocycles. The Kier molecular flexibility index (Phi) is 9.81. The van der Waals surface area contributed by atoms with E-state index >= 15 is 0 Å². The van der Waals surface area contributed by atoms with Gasteiger partial charge in [0.25, 0.3) is 0 Å². The van der Waals surface area contributed by atoms with Gasteiger partial charge in [-0.3, -0.25) is 4.98 Å². The van der Waals surface area contributed by atoms with Gasteiger partial charge in [-0.15, -0.1) is 11.3 Å². The van der Waals surface area contributed by atoms with Crippen LogP contribution in [0.2, 0.25) is 5.02 Å². The van der Waals surface area contributed by atoms with Crippen molar-refractivity contribution in [2.75, 3.05) is 24.2 Å². The van der Waals surface area contributed by atoms with Crippen LogP contribution in [0.1, 0.15) is 24.4 Å². The molecule has 0 aliphatic carbocycles. The van der Waals surface area contributed by atoms with Crippen molar-refractivity contribution in [2.24, 2.45) is 0 Å². The van der Waals surface area contributed by atoms with E-state index in [0.29, 0.717) is 58.6 Å².